The van der Waals surface area contributed by atoms with Gasteiger partial charge in [0.1, 0.15) is 11.6 Å². The molecule has 0 aliphatic heterocycles. The van der Waals surface area contributed by atoms with Gasteiger partial charge in [-0.3, -0.25) is 0 Å². The van der Waals surface area contributed by atoms with Crippen LogP contribution in [-0.2, 0) is 12.8 Å². The highest BCUT2D eigenvalue weighted by molar-refractivity contribution is 7.98. The Balaban J connectivity index is 1.65. The van der Waals surface area contributed by atoms with Gasteiger partial charge >= 0.3 is 0 Å². The van der Waals surface area contributed by atoms with Crippen molar-refractivity contribution >= 4 is 23.4 Å². The van der Waals surface area contributed by atoms with Crippen LogP contribution < -0.4 is 4.74 Å². The third-order valence-corrected chi connectivity index (χ3v) is 4.98. The molecule has 25 heavy (non-hydrogen) atoms. The molecule has 0 amide bonds. The topological polar surface area (TPSA) is 39.9 Å². The van der Waals surface area contributed by atoms with Crippen molar-refractivity contribution in [1.29, 1.82) is 0 Å². The van der Waals surface area contributed by atoms with Gasteiger partial charge in [0.05, 0.1) is 0 Å². The zero-order valence-electron chi connectivity index (χ0n) is 13.8. The van der Waals surface area contributed by atoms with E-state index in [4.69, 9.17) is 16.3 Å². The average molecular weight is 378 g/mol. The fourth-order valence-corrected chi connectivity index (χ4v) is 3.30. The van der Waals surface area contributed by atoms with Crippen LogP contribution in [0.25, 0.3) is 0 Å². The normalized spacial score (nSPS) is 12.2. The van der Waals surface area contributed by atoms with Crippen LogP contribution in [0.5, 0.6) is 5.75 Å². The van der Waals surface area contributed by atoms with E-state index < -0.39 is 0 Å². The van der Waals surface area contributed by atoms with Crippen LogP contribution in [0.2, 0.25) is 5.02 Å². The largest absolute Gasteiger partial charge is 0.483 e. The van der Waals surface area contributed by atoms with Gasteiger partial charge in [0.15, 0.2) is 17.1 Å². The van der Waals surface area contributed by atoms with Crippen LogP contribution in [0.1, 0.15) is 24.4 Å². The Labute approximate surface area is 155 Å². The molecular formula is C18H17ClFN3OS. The average Bonchev–Trinajstić information content (AvgIpc) is 2.97. The molecule has 130 valence electrons. The van der Waals surface area contributed by atoms with Gasteiger partial charge < -0.3 is 9.30 Å². The summed E-state index contributed by atoms with van der Waals surface area (Å²) in [5.41, 5.74) is 1.16. The first-order valence-corrected chi connectivity index (χ1v) is 9.08. The molecule has 2 aromatic carbocycles. The number of aromatic nitrogens is 3. The lowest BCUT2D eigenvalue weighted by Gasteiger charge is -2.14. The Morgan fingerprint density at radius 2 is 1.80 bits per heavy atom. The molecule has 0 fully saturated rings. The molecule has 0 saturated heterocycles. The fraction of sp³-hybridized carbons (Fsp3) is 0.222. The van der Waals surface area contributed by atoms with E-state index in [1.165, 1.54) is 12.1 Å². The number of ether oxygens (including phenoxy) is 1. The van der Waals surface area contributed by atoms with Gasteiger partial charge in [0, 0.05) is 17.8 Å². The molecule has 1 unspecified atom stereocenters. The van der Waals surface area contributed by atoms with E-state index in [2.05, 4.69) is 10.2 Å². The molecule has 7 heteroatoms. The van der Waals surface area contributed by atoms with E-state index in [1.807, 2.05) is 42.8 Å². The Bertz CT molecular complexity index is 837. The van der Waals surface area contributed by atoms with Crippen molar-refractivity contribution in [3.05, 3.63) is 70.8 Å². The lowest BCUT2D eigenvalue weighted by atomic mass is 10.2. The van der Waals surface area contributed by atoms with E-state index >= 15 is 0 Å². The summed E-state index contributed by atoms with van der Waals surface area (Å²) in [5, 5.41) is 9.99. The molecule has 0 spiro atoms. The maximum absolute atomic E-state index is 13.0. The van der Waals surface area contributed by atoms with Gasteiger partial charge in [-0.2, -0.15) is 0 Å². The van der Waals surface area contributed by atoms with Crippen LogP contribution in [0, 0.1) is 5.82 Å². The van der Waals surface area contributed by atoms with Gasteiger partial charge in [-0.05, 0) is 48.9 Å². The number of thioether (sulfide) groups is 1. The van der Waals surface area contributed by atoms with Crippen molar-refractivity contribution in [1.82, 2.24) is 14.8 Å². The monoisotopic (exact) mass is 377 g/mol. The van der Waals surface area contributed by atoms with Crippen LogP contribution >= 0.6 is 23.4 Å². The Kier molecular flexibility index (Phi) is 5.60. The number of benzene rings is 2. The second-order valence-corrected chi connectivity index (χ2v) is 6.91. The molecule has 3 rings (SSSR count). The quantitative estimate of drug-likeness (QED) is 0.564. The van der Waals surface area contributed by atoms with Crippen LogP contribution in [0.3, 0.4) is 0 Å². The van der Waals surface area contributed by atoms with Crippen LogP contribution in [0.4, 0.5) is 4.39 Å². The second-order valence-electron chi connectivity index (χ2n) is 5.53. The molecule has 1 atom stereocenters. The summed E-state index contributed by atoms with van der Waals surface area (Å²) in [6, 6.07) is 13.7. The van der Waals surface area contributed by atoms with Crippen LogP contribution in [0.15, 0.2) is 53.7 Å². The van der Waals surface area contributed by atoms with Crippen molar-refractivity contribution in [3.63, 3.8) is 0 Å². The number of hydrogen-bond donors (Lipinski definition) is 0. The minimum Gasteiger partial charge on any atom is -0.483 e. The summed E-state index contributed by atoms with van der Waals surface area (Å²) >= 11 is 7.49. The predicted molar refractivity (Wildman–Crippen MR) is 97.5 cm³/mol. The lowest BCUT2D eigenvalue weighted by Crippen LogP contribution is -2.10. The molecule has 0 aliphatic rings. The fourth-order valence-electron chi connectivity index (χ4n) is 2.30. The smallest absolute Gasteiger partial charge is 0.191 e. The lowest BCUT2D eigenvalue weighted by molar-refractivity contribution is 0.211. The van der Waals surface area contributed by atoms with Crippen molar-refractivity contribution in [2.24, 2.45) is 7.05 Å². The molecule has 0 aliphatic carbocycles. The third-order valence-electron chi connectivity index (χ3n) is 3.64. The number of nitrogens with zero attached hydrogens (tertiary/aromatic N) is 3. The maximum atomic E-state index is 13.0. The van der Waals surface area contributed by atoms with E-state index in [0.717, 1.165) is 21.5 Å². The van der Waals surface area contributed by atoms with Crippen molar-refractivity contribution in [2.45, 2.75) is 23.9 Å². The van der Waals surface area contributed by atoms with Crippen molar-refractivity contribution < 1.29 is 9.13 Å². The molecule has 1 heterocycles. The highest BCUT2D eigenvalue weighted by atomic mass is 35.5. The number of rotatable bonds is 6. The Hall–Kier alpha value is -2.05. The van der Waals surface area contributed by atoms with E-state index in [0.29, 0.717) is 11.6 Å². The third kappa shape index (κ3) is 4.52. The minimum atomic E-state index is -0.298. The first-order chi connectivity index (χ1) is 12.0. The summed E-state index contributed by atoms with van der Waals surface area (Å²) in [6.07, 6.45) is -0.298. The van der Waals surface area contributed by atoms with E-state index in [-0.39, 0.29) is 11.9 Å². The second kappa shape index (κ2) is 7.89. The van der Waals surface area contributed by atoms with Gasteiger partial charge in [-0.25, -0.2) is 4.39 Å². The van der Waals surface area contributed by atoms with Crippen molar-refractivity contribution in [2.75, 3.05) is 0 Å². The summed E-state index contributed by atoms with van der Waals surface area (Å²) < 4.78 is 20.7. The summed E-state index contributed by atoms with van der Waals surface area (Å²) in [6.45, 7) is 1.89. The number of hydrogen-bond acceptors (Lipinski definition) is 4. The molecule has 4 nitrogen and oxygen atoms in total. The first kappa shape index (κ1) is 17.8. The maximum Gasteiger partial charge on any atom is 0.191 e. The van der Waals surface area contributed by atoms with E-state index in [9.17, 15) is 4.39 Å². The van der Waals surface area contributed by atoms with Crippen LogP contribution in [-0.4, -0.2) is 14.8 Å². The van der Waals surface area contributed by atoms with E-state index in [1.54, 1.807) is 23.9 Å². The highest BCUT2D eigenvalue weighted by Crippen LogP contribution is 2.26. The molecular weight excluding hydrogens is 361 g/mol. The highest BCUT2D eigenvalue weighted by Gasteiger charge is 2.17. The molecule has 1 aromatic heterocycles. The summed E-state index contributed by atoms with van der Waals surface area (Å²) in [4.78, 5) is 0. The van der Waals surface area contributed by atoms with Gasteiger partial charge in [0.2, 0.25) is 0 Å². The predicted octanol–water partition coefficient (Wildman–Crippen LogP) is 5.04. The molecule has 0 N–H and O–H groups in total. The summed E-state index contributed by atoms with van der Waals surface area (Å²) in [7, 11) is 1.91. The minimum absolute atomic E-state index is 0.292. The first-order valence-electron chi connectivity index (χ1n) is 7.71. The van der Waals surface area contributed by atoms with Gasteiger partial charge in [-0.15, -0.1) is 10.2 Å². The standard InChI is InChI=1S/C18H17ClFN3OS/c1-12(24-16-9-7-15(20)8-10-16)17-21-22-18(23(17)2)25-11-13-3-5-14(19)6-4-13/h3-10,12H,11H2,1-2H3. The Morgan fingerprint density at radius 3 is 2.48 bits per heavy atom. The zero-order valence-corrected chi connectivity index (χ0v) is 15.4. The van der Waals surface area contributed by atoms with Crippen molar-refractivity contribution in [3.8, 4) is 5.75 Å². The van der Waals surface area contributed by atoms with Gasteiger partial charge in [-0.1, -0.05) is 35.5 Å². The molecule has 0 radical (unpaired) electrons. The summed E-state index contributed by atoms with van der Waals surface area (Å²) in [5.74, 6) is 1.78. The van der Waals surface area contributed by atoms with Gasteiger partial charge in [0.25, 0.3) is 0 Å². The SMILES string of the molecule is CC(Oc1ccc(F)cc1)c1nnc(SCc2ccc(Cl)cc2)n1C. The molecule has 0 bridgehead atoms. The molecule has 0 saturated carbocycles. The zero-order chi connectivity index (χ0) is 17.8. The molecule has 3 aromatic rings. The Morgan fingerprint density at radius 1 is 1.12 bits per heavy atom. The number of halogens is 2.